The lowest BCUT2D eigenvalue weighted by Crippen LogP contribution is -1.96. The lowest BCUT2D eigenvalue weighted by atomic mass is 10.0. The number of benzene rings is 2. The molecule has 1 N–H and O–H groups in total. The van der Waals surface area contributed by atoms with E-state index >= 15 is 0 Å². The molecule has 3 rings (SSSR count). The van der Waals surface area contributed by atoms with E-state index in [1.807, 2.05) is 42.6 Å². The molecule has 0 radical (unpaired) electrons. The number of carboxylic acids is 1. The molecule has 0 bridgehead atoms. The first-order valence-corrected chi connectivity index (χ1v) is 10.0. The van der Waals surface area contributed by atoms with Gasteiger partial charge >= 0.3 is 5.97 Å². The highest BCUT2D eigenvalue weighted by molar-refractivity contribution is 7.99. The summed E-state index contributed by atoms with van der Waals surface area (Å²) in [6, 6.07) is 20.3. The molecule has 1 heterocycles. The molecule has 0 spiro atoms. The summed E-state index contributed by atoms with van der Waals surface area (Å²) in [6.45, 7) is 0. The molecule has 27 heavy (non-hydrogen) atoms. The van der Waals surface area contributed by atoms with Gasteiger partial charge in [-0.1, -0.05) is 78.8 Å². The van der Waals surface area contributed by atoms with Crippen LogP contribution in [0.5, 0.6) is 0 Å². The zero-order chi connectivity index (χ0) is 18.9. The van der Waals surface area contributed by atoms with Gasteiger partial charge in [-0.15, -0.1) is 0 Å². The third-order valence-corrected chi connectivity index (χ3v) is 5.11. The minimum atomic E-state index is -0.727. The molecule has 4 nitrogen and oxygen atoms in total. The predicted octanol–water partition coefficient (Wildman–Crippen LogP) is 5.55. The first-order chi connectivity index (χ1) is 13.2. The summed E-state index contributed by atoms with van der Waals surface area (Å²) in [7, 11) is 0. The number of carbonyl (C=O) groups is 1. The summed E-state index contributed by atoms with van der Waals surface area (Å²) in [4.78, 5) is 19.9. The van der Waals surface area contributed by atoms with E-state index in [1.165, 1.54) is 0 Å². The smallest absolute Gasteiger partial charge is 0.303 e. The molecule has 0 saturated heterocycles. The van der Waals surface area contributed by atoms with Crippen molar-refractivity contribution < 1.29 is 9.90 Å². The van der Waals surface area contributed by atoms with E-state index in [4.69, 9.17) is 10.1 Å². The minimum absolute atomic E-state index is 0.241. The van der Waals surface area contributed by atoms with Crippen molar-refractivity contribution in [2.24, 2.45) is 0 Å². The topological polar surface area (TPSA) is 63.1 Å². The van der Waals surface area contributed by atoms with Gasteiger partial charge in [-0.25, -0.2) is 9.97 Å². The molecule has 2 aromatic carbocycles. The van der Waals surface area contributed by atoms with Crippen molar-refractivity contribution in [1.82, 2.24) is 9.97 Å². The van der Waals surface area contributed by atoms with Gasteiger partial charge in [-0.2, -0.15) is 0 Å². The van der Waals surface area contributed by atoms with Gasteiger partial charge in [0.05, 0.1) is 5.69 Å². The first kappa shape index (κ1) is 19.1. The maximum atomic E-state index is 10.5. The SMILES string of the molecule is O=C(O)CCCCCSc1ncc(-c2ccccc2)c(-c2ccccc2)n1. The minimum Gasteiger partial charge on any atom is -0.481 e. The van der Waals surface area contributed by atoms with Crippen LogP contribution in [0.15, 0.2) is 72.0 Å². The molecule has 1 aromatic heterocycles. The van der Waals surface area contributed by atoms with E-state index in [0.717, 1.165) is 52.6 Å². The van der Waals surface area contributed by atoms with Crippen LogP contribution in [0.2, 0.25) is 0 Å². The summed E-state index contributed by atoms with van der Waals surface area (Å²) in [6.07, 6.45) is 4.73. The Morgan fingerprint density at radius 3 is 2.22 bits per heavy atom. The van der Waals surface area contributed by atoms with E-state index in [1.54, 1.807) is 11.8 Å². The quantitative estimate of drug-likeness (QED) is 0.300. The molecule has 0 atom stereocenters. The molecule has 0 saturated carbocycles. The largest absolute Gasteiger partial charge is 0.481 e. The Kier molecular flexibility index (Phi) is 6.99. The number of thioether (sulfide) groups is 1. The third-order valence-electron chi connectivity index (χ3n) is 4.16. The maximum absolute atomic E-state index is 10.5. The Bertz CT molecular complexity index is 870. The average Bonchev–Trinajstić information content (AvgIpc) is 2.71. The molecule has 5 heteroatoms. The molecule has 138 valence electrons. The maximum Gasteiger partial charge on any atom is 0.303 e. The van der Waals surface area contributed by atoms with Crippen LogP contribution in [0, 0.1) is 0 Å². The van der Waals surface area contributed by atoms with Crippen LogP contribution in [0.25, 0.3) is 22.4 Å². The number of hydrogen-bond acceptors (Lipinski definition) is 4. The van der Waals surface area contributed by atoms with E-state index < -0.39 is 5.97 Å². The fourth-order valence-electron chi connectivity index (χ4n) is 2.80. The van der Waals surface area contributed by atoms with Gasteiger partial charge in [-0.3, -0.25) is 4.79 Å². The van der Waals surface area contributed by atoms with Gasteiger partial charge in [0.1, 0.15) is 0 Å². The highest BCUT2D eigenvalue weighted by atomic mass is 32.2. The Hall–Kier alpha value is -2.66. The van der Waals surface area contributed by atoms with Crippen molar-refractivity contribution in [3.05, 3.63) is 66.9 Å². The van der Waals surface area contributed by atoms with E-state index in [9.17, 15) is 4.79 Å². The van der Waals surface area contributed by atoms with Crippen LogP contribution < -0.4 is 0 Å². The molecule has 0 aliphatic carbocycles. The lowest BCUT2D eigenvalue weighted by molar-refractivity contribution is -0.137. The van der Waals surface area contributed by atoms with Crippen molar-refractivity contribution in [3.63, 3.8) is 0 Å². The van der Waals surface area contributed by atoms with Crippen LogP contribution in [0.4, 0.5) is 0 Å². The lowest BCUT2D eigenvalue weighted by Gasteiger charge is -2.10. The third kappa shape index (κ3) is 5.66. The van der Waals surface area contributed by atoms with E-state index in [0.29, 0.717) is 0 Å². The predicted molar refractivity (Wildman–Crippen MR) is 110 cm³/mol. The van der Waals surface area contributed by atoms with Gasteiger partial charge in [0.25, 0.3) is 0 Å². The number of hydrogen-bond donors (Lipinski definition) is 1. The van der Waals surface area contributed by atoms with Gasteiger partial charge in [0, 0.05) is 29.5 Å². The van der Waals surface area contributed by atoms with Crippen LogP contribution in [-0.2, 0) is 4.79 Å². The summed E-state index contributed by atoms with van der Waals surface area (Å²) < 4.78 is 0. The molecule has 0 fully saturated rings. The van der Waals surface area contributed by atoms with Crippen molar-refractivity contribution in [2.45, 2.75) is 30.8 Å². The number of aromatic nitrogens is 2. The zero-order valence-corrected chi connectivity index (χ0v) is 15.9. The van der Waals surface area contributed by atoms with Gasteiger partial charge in [0.2, 0.25) is 0 Å². The molecular weight excluding hydrogens is 356 g/mol. The zero-order valence-electron chi connectivity index (χ0n) is 15.0. The number of carboxylic acid groups (broad SMARTS) is 1. The number of rotatable bonds is 9. The molecule has 0 amide bonds. The normalized spacial score (nSPS) is 10.7. The second-order valence-electron chi connectivity index (χ2n) is 6.20. The van der Waals surface area contributed by atoms with Crippen LogP contribution in [0.3, 0.4) is 0 Å². The summed E-state index contributed by atoms with van der Waals surface area (Å²) in [5.74, 6) is 0.161. The van der Waals surface area contributed by atoms with Gasteiger partial charge < -0.3 is 5.11 Å². The molecule has 3 aromatic rings. The summed E-state index contributed by atoms with van der Waals surface area (Å²) in [5, 5.41) is 9.44. The Labute approximate surface area is 163 Å². The fourth-order valence-corrected chi connectivity index (χ4v) is 3.61. The van der Waals surface area contributed by atoms with Crippen molar-refractivity contribution in [2.75, 3.05) is 5.75 Å². The van der Waals surface area contributed by atoms with Crippen LogP contribution >= 0.6 is 11.8 Å². The second kappa shape index (κ2) is 9.88. The monoisotopic (exact) mass is 378 g/mol. The highest BCUT2D eigenvalue weighted by Gasteiger charge is 2.11. The van der Waals surface area contributed by atoms with E-state index in [2.05, 4.69) is 29.2 Å². The Balaban J connectivity index is 1.75. The van der Waals surface area contributed by atoms with Crippen molar-refractivity contribution >= 4 is 17.7 Å². The van der Waals surface area contributed by atoms with Gasteiger partial charge in [0.15, 0.2) is 5.16 Å². The Morgan fingerprint density at radius 1 is 0.889 bits per heavy atom. The average molecular weight is 378 g/mol. The standard InChI is InChI=1S/C22H22N2O2S/c25-20(26)14-8-3-9-15-27-22-23-16-19(17-10-4-1-5-11-17)21(24-22)18-12-6-2-7-13-18/h1-2,4-7,10-13,16H,3,8-9,14-15H2,(H,25,26). The number of unbranched alkanes of at least 4 members (excludes halogenated alkanes) is 2. The number of nitrogens with zero attached hydrogens (tertiary/aromatic N) is 2. The number of aliphatic carboxylic acids is 1. The van der Waals surface area contributed by atoms with Crippen molar-refractivity contribution in [1.29, 1.82) is 0 Å². The van der Waals surface area contributed by atoms with Crippen LogP contribution in [0.1, 0.15) is 25.7 Å². The molecule has 0 aliphatic heterocycles. The van der Waals surface area contributed by atoms with Crippen molar-refractivity contribution in [3.8, 4) is 22.4 Å². The molecule has 0 aliphatic rings. The van der Waals surface area contributed by atoms with Gasteiger partial charge in [-0.05, 0) is 18.4 Å². The second-order valence-corrected chi connectivity index (χ2v) is 7.26. The van der Waals surface area contributed by atoms with Crippen LogP contribution in [-0.4, -0.2) is 26.8 Å². The molecule has 0 unspecified atom stereocenters. The fraction of sp³-hybridized carbons (Fsp3) is 0.227. The summed E-state index contributed by atoms with van der Waals surface area (Å²) >= 11 is 1.62. The first-order valence-electron chi connectivity index (χ1n) is 9.06. The van der Waals surface area contributed by atoms with E-state index in [-0.39, 0.29) is 6.42 Å². The highest BCUT2D eigenvalue weighted by Crippen LogP contribution is 2.31. The Morgan fingerprint density at radius 2 is 1.56 bits per heavy atom. The molecular formula is C22H22N2O2S. The summed E-state index contributed by atoms with van der Waals surface area (Å²) in [5.41, 5.74) is 4.13.